The second-order valence-corrected chi connectivity index (χ2v) is 7.76. The van der Waals surface area contributed by atoms with Gasteiger partial charge in [-0.05, 0) is 49.1 Å². The molecule has 0 bridgehead atoms. The van der Waals surface area contributed by atoms with Gasteiger partial charge in [0.2, 0.25) is 5.91 Å². The summed E-state index contributed by atoms with van der Waals surface area (Å²) in [5, 5.41) is 0. The van der Waals surface area contributed by atoms with E-state index >= 15 is 0 Å². The summed E-state index contributed by atoms with van der Waals surface area (Å²) < 4.78 is 5.17. The molecule has 0 unspecified atom stereocenters. The summed E-state index contributed by atoms with van der Waals surface area (Å²) in [6.07, 6.45) is 6.17. The van der Waals surface area contributed by atoms with E-state index in [0.29, 0.717) is 37.4 Å². The van der Waals surface area contributed by atoms with E-state index in [1.165, 1.54) is 6.07 Å². The van der Waals surface area contributed by atoms with Gasteiger partial charge in [-0.15, -0.1) is 0 Å². The molecule has 0 atom stereocenters. The lowest BCUT2D eigenvalue weighted by atomic mass is 9.95. The molecule has 0 radical (unpaired) electrons. The second-order valence-electron chi connectivity index (χ2n) is 7.76. The minimum Gasteiger partial charge on any atom is -0.497 e. The first kappa shape index (κ1) is 20.8. The number of H-pyrrole nitrogens is 1. The fourth-order valence-electron chi connectivity index (χ4n) is 3.94. The molecule has 4 rings (SSSR count). The van der Waals surface area contributed by atoms with Crippen LogP contribution in [0.15, 0.2) is 59.7 Å². The molecule has 1 N–H and O–H groups in total. The Labute approximate surface area is 181 Å². The van der Waals surface area contributed by atoms with Crippen LogP contribution >= 0.6 is 0 Å². The highest BCUT2D eigenvalue weighted by Crippen LogP contribution is 2.27. The number of pyridine rings is 1. The molecule has 1 amide bonds. The van der Waals surface area contributed by atoms with E-state index in [2.05, 4.69) is 15.0 Å². The van der Waals surface area contributed by atoms with E-state index < -0.39 is 0 Å². The van der Waals surface area contributed by atoms with Crippen molar-refractivity contribution in [1.29, 1.82) is 0 Å². The number of amides is 1. The van der Waals surface area contributed by atoms with Crippen molar-refractivity contribution in [3.8, 4) is 17.0 Å². The number of methoxy groups -OCH3 is 1. The van der Waals surface area contributed by atoms with E-state index in [4.69, 9.17) is 4.74 Å². The minimum atomic E-state index is -0.165. The van der Waals surface area contributed by atoms with Crippen LogP contribution in [0.3, 0.4) is 0 Å². The summed E-state index contributed by atoms with van der Waals surface area (Å²) in [6, 6.07) is 13.0. The van der Waals surface area contributed by atoms with E-state index in [0.717, 1.165) is 29.7 Å². The van der Waals surface area contributed by atoms with Gasteiger partial charge in [0.05, 0.1) is 12.8 Å². The minimum absolute atomic E-state index is 0.134. The summed E-state index contributed by atoms with van der Waals surface area (Å²) >= 11 is 0. The van der Waals surface area contributed by atoms with Gasteiger partial charge in [-0.3, -0.25) is 14.6 Å². The largest absolute Gasteiger partial charge is 0.497 e. The highest BCUT2D eigenvalue weighted by molar-refractivity contribution is 5.76. The second kappa shape index (κ2) is 9.55. The van der Waals surface area contributed by atoms with Crippen molar-refractivity contribution in [3.05, 3.63) is 76.6 Å². The summed E-state index contributed by atoms with van der Waals surface area (Å²) in [7, 11) is 1.64. The third-order valence-electron chi connectivity index (χ3n) is 5.74. The molecule has 1 aliphatic heterocycles. The number of hydrogen-bond acceptors (Lipinski definition) is 5. The Hall–Kier alpha value is -3.48. The number of aryl methyl sites for hydroxylation is 1. The summed E-state index contributed by atoms with van der Waals surface area (Å²) in [5.41, 5.74) is 2.41. The zero-order valence-corrected chi connectivity index (χ0v) is 17.6. The van der Waals surface area contributed by atoms with E-state index in [1.807, 2.05) is 41.3 Å². The predicted octanol–water partition coefficient (Wildman–Crippen LogP) is 3.18. The Morgan fingerprint density at radius 2 is 1.97 bits per heavy atom. The molecule has 3 aromatic rings. The lowest BCUT2D eigenvalue weighted by Gasteiger charge is -2.31. The topological polar surface area (TPSA) is 88.2 Å². The maximum absolute atomic E-state index is 12.7. The first-order valence-corrected chi connectivity index (χ1v) is 10.5. The standard InChI is InChI=1S/C24H26N4O3/c1-31-20-7-4-17(5-8-20)6-9-23(30)28-13-10-18(11-14-28)24-26-21(15-22(29)27-24)19-3-2-12-25-16-19/h2-5,7-8,12,15-16,18H,6,9-11,13-14H2,1H3,(H,26,27,29). The number of nitrogens with one attached hydrogen (secondary N) is 1. The van der Waals surface area contributed by atoms with Crippen LogP contribution in [-0.4, -0.2) is 46.0 Å². The van der Waals surface area contributed by atoms with Gasteiger partial charge in [0.25, 0.3) is 5.56 Å². The molecular weight excluding hydrogens is 392 g/mol. The van der Waals surface area contributed by atoms with Gasteiger partial charge in [-0.1, -0.05) is 12.1 Å². The summed E-state index contributed by atoms with van der Waals surface area (Å²) in [5.74, 6) is 1.81. The van der Waals surface area contributed by atoms with Crippen molar-refractivity contribution in [2.45, 2.75) is 31.6 Å². The van der Waals surface area contributed by atoms with Crippen LogP contribution in [0.4, 0.5) is 0 Å². The molecule has 7 heteroatoms. The van der Waals surface area contributed by atoms with Gasteiger partial charge in [0, 0.05) is 49.5 Å². The van der Waals surface area contributed by atoms with Gasteiger partial charge in [-0.25, -0.2) is 4.98 Å². The molecule has 0 spiro atoms. The Bertz CT molecular complexity index is 1070. The molecule has 1 saturated heterocycles. The van der Waals surface area contributed by atoms with Gasteiger partial charge in [-0.2, -0.15) is 0 Å². The van der Waals surface area contributed by atoms with Crippen molar-refractivity contribution >= 4 is 5.91 Å². The smallest absolute Gasteiger partial charge is 0.251 e. The predicted molar refractivity (Wildman–Crippen MR) is 118 cm³/mol. The quantitative estimate of drug-likeness (QED) is 0.664. The number of nitrogens with zero attached hydrogens (tertiary/aromatic N) is 3. The van der Waals surface area contributed by atoms with E-state index in [-0.39, 0.29) is 17.4 Å². The van der Waals surface area contributed by atoms with E-state index in [9.17, 15) is 9.59 Å². The Balaban J connectivity index is 1.34. The van der Waals surface area contributed by atoms with E-state index in [1.54, 1.807) is 19.5 Å². The fraction of sp³-hybridized carbons (Fsp3) is 0.333. The van der Waals surface area contributed by atoms with Gasteiger partial charge >= 0.3 is 0 Å². The summed E-state index contributed by atoms with van der Waals surface area (Å²) in [4.78, 5) is 38.4. The maximum Gasteiger partial charge on any atom is 0.251 e. The van der Waals surface area contributed by atoms with Crippen LogP contribution in [0.25, 0.3) is 11.3 Å². The van der Waals surface area contributed by atoms with Crippen molar-refractivity contribution in [2.24, 2.45) is 0 Å². The Morgan fingerprint density at radius 3 is 2.65 bits per heavy atom. The van der Waals surface area contributed by atoms with Crippen molar-refractivity contribution in [3.63, 3.8) is 0 Å². The average molecular weight is 418 g/mol. The first-order chi connectivity index (χ1) is 15.1. The number of aromatic amines is 1. The SMILES string of the molecule is COc1ccc(CCC(=O)N2CCC(c3nc(-c4cccnc4)cc(=O)[nH]3)CC2)cc1. The molecule has 3 heterocycles. The molecule has 1 aliphatic rings. The molecule has 2 aromatic heterocycles. The third kappa shape index (κ3) is 5.17. The Morgan fingerprint density at radius 1 is 1.19 bits per heavy atom. The first-order valence-electron chi connectivity index (χ1n) is 10.5. The number of aromatic nitrogens is 3. The van der Waals surface area contributed by atoms with Gasteiger partial charge < -0.3 is 14.6 Å². The number of carbonyl (C=O) groups is 1. The van der Waals surface area contributed by atoms with Crippen LogP contribution in [0.1, 0.15) is 36.6 Å². The molecule has 0 saturated carbocycles. The number of carbonyl (C=O) groups excluding carboxylic acids is 1. The number of piperidine rings is 1. The Kier molecular flexibility index (Phi) is 6.40. The van der Waals surface area contributed by atoms with Gasteiger partial charge in [0.1, 0.15) is 11.6 Å². The normalized spacial score (nSPS) is 14.4. The lowest BCUT2D eigenvalue weighted by Crippen LogP contribution is -2.38. The maximum atomic E-state index is 12.7. The zero-order valence-electron chi connectivity index (χ0n) is 17.6. The molecular formula is C24H26N4O3. The van der Waals surface area contributed by atoms with Crippen LogP contribution in [-0.2, 0) is 11.2 Å². The molecule has 1 aromatic carbocycles. The average Bonchev–Trinajstić information content (AvgIpc) is 2.83. The van der Waals surface area contributed by atoms with Crippen LogP contribution in [0.5, 0.6) is 5.75 Å². The number of rotatable bonds is 6. The van der Waals surface area contributed by atoms with Crippen LogP contribution in [0.2, 0.25) is 0 Å². The summed E-state index contributed by atoms with van der Waals surface area (Å²) in [6.45, 7) is 1.35. The van der Waals surface area contributed by atoms with Crippen LogP contribution in [0, 0.1) is 0 Å². The van der Waals surface area contributed by atoms with Crippen molar-refractivity contribution in [2.75, 3.05) is 20.2 Å². The number of likely N-dealkylation sites (tertiary alicyclic amines) is 1. The van der Waals surface area contributed by atoms with Crippen molar-refractivity contribution in [1.82, 2.24) is 19.9 Å². The van der Waals surface area contributed by atoms with Gasteiger partial charge in [0.15, 0.2) is 0 Å². The molecule has 160 valence electrons. The number of benzene rings is 1. The lowest BCUT2D eigenvalue weighted by molar-refractivity contribution is -0.132. The molecule has 0 aliphatic carbocycles. The number of hydrogen-bond donors (Lipinski definition) is 1. The molecule has 31 heavy (non-hydrogen) atoms. The number of ether oxygens (including phenoxy) is 1. The fourth-order valence-corrected chi connectivity index (χ4v) is 3.94. The monoisotopic (exact) mass is 418 g/mol. The molecule has 1 fully saturated rings. The van der Waals surface area contributed by atoms with Crippen LogP contribution < -0.4 is 10.3 Å². The third-order valence-corrected chi connectivity index (χ3v) is 5.74. The van der Waals surface area contributed by atoms with Crippen molar-refractivity contribution < 1.29 is 9.53 Å². The molecule has 7 nitrogen and oxygen atoms in total. The highest BCUT2D eigenvalue weighted by Gasteiger charge is 2.25. The zero-order chi connectivity index (χ0) is 21.6. The highest BCUT2D eigenvalue weighted by atomic mass is 16.5.